The molecule has 100 valence electrons. The van der Waals surface area contributed by atoms with Gasteiger partial charge in [-0.05, 0) is 31.6 Å². The average molecular weight is 249 g/mol. The van der Waals surface area contributed by atoms with Crippen molar-refractivity contribution in [2.75, 3.05) is 19.4 Å². The third-order valence-corrected chi connectivity index (χ3v) is 2.78. The predicted octanol–water partition coefficient (Wildman–Crippen LogP) is 1.67. The summed E-state index contributed by atoms with van der Waals surface area (Å²) in [4.78, 5) is 14.0. The normalized spacial score (nSPS) is 12.8. The second-order valence-electron chi connectivity index (χ2n) is 5.15. The third kappa shape index (κ3) is 4.13. The van der Waals surface area contributed by atoms with Gasteiger partial charge in [0, 0.05) is 12.2 Å². The van der Waals surface area contributed by atoms with E-state index in [4.69, 9.17) is 5.73 Å². The van der Waals surface area contributed by atoms with Crippen molar-refractivity contribution in [2.24, 2.45) is 11.7 Å². The summed E-state index contributed by atoms with van der Waals surface area (Å²) < 4.78 is 0. The Hall–Kier alpha value is -1.39. The summed E-state index contributed by atoms with van der Waals surface area (Å²) in [6.45, 7) is 4.67. The van der Waals surface area contributed by atoms with Crippen molar-refractivity contribution >= 4 is 11.6 Å². The quantitative estimate of drug-likeness (QED) is 0.834. The molecule has 0 heterocycles. The highest BCUT2D eigenvalue weighted by Crippen LogP contribution is 2.17. The molecule has 1 rings (SSSR count). The molecule has 0 fully saturated rings. The highest BCUT2D eigenvalue weighted by Gasteiger charge is 2.18. The molecule has 0 radical (unpaired) electrons. The van der Waals surface area contributed by atoms with Crippen LogP contribution in [0.25, 0.3) is 0 Å². The number of para-hydroxylation sites is 1. The van der Waals surface area contributed by atoms with Crippen molar-refractivity contribution in [3.8, 4) is 0 Å². The molecule has 0 aliphatic rings. The minimum absolute atomic E-state index is 0.129. The van der Waals surface area contributed by atoms with Gasteiger partial charge in [-0.3, -0.25) is 4.79 Å². The van der Waals surface area contributed by atoms with Crippen molar-refractivity contribution in [1.29, 1.82) is 0 Å². The van der Waals surface area contributed by atoms with Crippen LogP contribution in [0, 0.1) is 5.92 Å². The number of anilines is 1. The highest BCUT2D eigenvalue weighted by molar-refractivity contribution is 5.95. The first-order valence-corrected chi connectivity index (χ1v) is 6.21. The molecular weight excluding hydrogens is 226 g/mol. The number of carbonyl (C=O) groups is 1. The lowest BCUT2D eigenvalue weighted by molar-refractivity contribution is -0.118. The maximum absolute atomic E-state index is 11.9. The fourth-order valence-corrected chi connectivity index (χ4v) is 1.64. The van der Waals surface area contributed by atoms with Crippen LogP contribution in [-0.2, 0) is 11.3 Å². The van der Waals surface area contributed by atoms with Crippen molar-refractivity contribution < 1.29 is 4.79 Å². The van der Waals surface area contributed by atoms with Crippen molar-refractivity contribution in [2.45, 2.75) is 26.4 Å². The van der Waals surface area contributed by atoms with Gasteiger partial charge in [0.15, 0.2) is 0 Å². The van der Waals surface area contributed by atoms with Crippen LogP contribution in [0.2, 0.25) is 0 Å². The van der Waals surface area contributed by atoms with Gasteiger partial charge in [-0.25, -0.2) is 0 Å². The summed E-state index contributed by atoms with van der Waals surface area (Å²) in [7, 11) is 4.00. The predicted molar refractivity (Wildman–Crippen MR) is 75.3 cm³/mol. The van der Waals surface area contributed by atoms with Crippen LogP contribution in [-0.4, -0.2) is 30.9 Å². The van der Waals surface area contributed by atoms with E-state index in [2.05, 4.69) is 10.2 Å². The van der Waals surface area contributed by atoms with E-state index in [0.29, 0.717) is 0 Å². The number of nitrogens with zero attached hydrogens (tertiary/aromatic N) is 1. The number of carbonyl (C=O) groups excluding carboxylic acids is 1. The fraction of sp³-hybridized carbons (Fsp3) is 0.500. The van der Waals surface area contributed by atoms with Crippen LogP contribution >= 0.6 is 0 Å². The fourth-order valence-electron chi connectivity index (χ4n) is 1.64. The number of hydrogen-bond acceptors (Lipinski definition) is 3. The molecular formula is C14H23N3O. The van der Waals surface area contributed by atoms with Gasteiger partial charge in [-0.15, -0.1) is 0 Å². The summed E-state index contributed by atoms with van der Waals surface area (Å²) in [6, 6.07) is 7.32. The first-order valence-electron chi connectivity index (χ1n) is 6.21. The number of nitrogens with two attached hydrogens (primary N) is 1. The Labute approximate surface area is 109 Å². The molecule has 4 nitrogen and oxygen atoms in total. The monoisotopic (exact) mass is 249 g/mol. The first-order chi connectivity index (χ1) is 8.41. The van der Waals surface area contributed by atoms with Gasteiger partial charge in [0.25, 0.3) is 0 Å². The van der Waals surface area contributed by atoms with Crippen molar-refractivity contribution in [3.05, 3.63) is 29.8 Å². The average Bonchev–Trinajstić information content (AvgIpc) is 2.29. The molecule has 3 N–H and O–H groups in total. The minimum atomic E-state index is -0.475. The van der Waals surface area contributed by atoms with E-state index in [0.717, 1.165) is 17.8 Å². The lowest BCUT2D eigenvalue weighted by Gasteiger charge is -2.18. The SMILES string of the molecule is CC(C)[C@H](N)C(=O)Nc1ccccc1CN(C)C. The number of amides is 1. The van der Waals surface area contributed by atoms with Gasteiger partial charge in [0.1, 0.15) is 0 Å². The molecule has 0 spiro atoms. The molecule has 0 aromatic heterocycles. The van der Waals surface area contributed by atoms with E-state index in [1.165, 1.54) is 0 Å². The van der Waals surface area contributed by atoms with Gasteiger partial charge >= 0.3 is 0 Å². The van der Waals surface area contributed by atoms with Crippen LogP contribution in [0.5, 0.6) is 0 Å². The minimum Gasteiger partial charge on any atom is -0.324 e. The molecule has 0 aliphatic heterocycles. The molecule has 1 amide bonds. The summed E-state index contributed by atoms with van der Waals surface area (Å²) in [6.07, 6.45) is 0. The van der Waals surface area contributed by atoms with Crippen LogP contribution in [0.3, 0.4) is 0 Å². The molecule has 0 unspecified atom stereocenters. The maximum atomic E-state index is 11.9. The molecule has 4 heteroatoms. The van der Waals surface area contributed by atoms with Gasteiger partial charge < -0.3 is 16.0 Å². The molecule has 1 aromatic carbocycles. The molecule has 0 saturated carbocycles. The van der Waals surface area contributed by atoms with Crippen LogP contribution < -0.4 is 11.1 Å². The van der Waals surface area contributed by atoms with Crippen LogP contribution in [0.4, 0.5) is 5.69 Å². The van der Waals surface area contributed by atoms with E-state index in [-0.39, 0.29) is 11.8 Å². The number of hydrogen-bond donors (Lipinski definition) is 2. The Morgan fingerprint density at radius 3 is 2.50 bits per heavy atom. The zero-order valence-electron chi connectivity index (χ0n) is 11.6. The summed E-state index contributed by atoms with van der Waals surface area (Å²) in [5.74, 6) is 0.00205. The number of benzene rings is 1. The van der Waals surface area contributed by atoms with Crippen molar-refractivity contribution in [3.63, 3.8) is 0 Å². The van der Waals surface area contributed by atoms with Crippen LogP contribution in [0.1, 0.15) is 19.4 Å². The second-order valence-corrected chi connectivity index (χ2v) is 5.15. The summed E-state index contributed by atoms with van der Waals surface area (Å²) in [5.41, 5.74) is 7.77. The van der Waals surface area contributed by atoms with Gasteiger partial charge in [-0.1, -0.05) is 32.0 Å². The Kier molecular flexibility index (Phi) is 5.31. The standard InChI is InChI=1S/C14H23N3O/c1-10(2)13(15)14(18)16-12-8-6-5-7-11(12)9-17(3)4/h5-8,10,13H,9,15H2,1-4H3,(H,16,18)/t13-/m0/s1. The Morgan fingerprint density at radius 2 is 1.94 bits per heavy atom. The highest BCUT2D eigenvalue weighted by atomic mass is 16.2. The van der Waals surface area contributed by atoms with Gasteiger partial charge in [0.05, 0.1) is 6.04 Å². The molecule has 0 saturated heterocycles. The molecule has 1 aromatic rings. The molecule has 0 aliphatic carbocycles. The molecule has 18 heavy (non-hydrogen) atoms. The van der Waals surface area contributed by atoms with E-state index in [9.17, 15) is 4.79 Å². The maximum Gasteiger partial charge on any atom is 0.241 e. The topological polar surface area (TPSA) is 58.4 Å². The number of nitrogens with one attached hydrogen (secondary N) is 1. The van der Waals surface area contributed by atoms with Gasteiger partial charge in [-0.2, -0.15) is 0 Å². The Bertz CT molecular complexity index is 402. The second kappa shape index (κ2) is 6.52. The van der Waals surface area contributed by atoms with E-state index in [1.807, 2.05) is 52.2 Å². The summed E-state index contributed by atoms with van der Waals surface area (Å²) >= 11 is 0. The smallest absolute Gasteiger partial charge is 0.241 e. The van der Waals surface area contributed by atoms with Crippen LogP contribution in [0.15, 0.2) is 24.3 Å². The van der Waals surface area contributed by atoms with Crippen molar-refractivity contribution in [1.82, 2.24) is 4.90 Å². The van der Waals surface area contributed by atoms with E-state index >= 15 is 0 Å². The zero-order chi connectivity index (χ0) is 13.7. The summed E-state index contributed by atoms with van der Waals surface area (Å²) in [5, 5.41) is 2.91. The number of rotatable bonds is 5. The molecule has 0 bridgehead atoms. The Morgan fingerprint density at radius 1 is 1.33 bits per heavy atom. The van der Waals surface area contributed by atoms with Gasteiger partial charge in [0.2, 0.25) is 5.91 Å². The Balaban J connectivity index is 2.81. The molecule has 1 atom stereocenters. The lowest BCUT2D eigenvalue weighted by Crippen LogP contribution is -2.40. The lowest BCUT2D eigenvalue weighted by atomic mass is 10.0. The first kappa shape index (κ1) is 14.7. The third-order valence-electron chi connectivity index (χ3n) is 2.78. The zero-order valence-corrected chi connectivity index (χ0v) is 11.6. The largest absolute Gasteiger partial charge is 0.324 e. The van der Waals surface area contributed by atoms with E-state index in [1.54, 1.807) is 0 Å². The van der Waals surface area contributed by atoms with E-state index < -0.39 is 6.04 Å².